The number of Topliss-reactive ketones (excluding diaryl/α,β-unsaturated/α-hetero) is 1. The summed E-state index contributed by atoms with van der Waals surface area (Å²) in [6, 6.07) is 17.3. The average Bonchev–Trinajstić information content (AvgIpc) is 3.44. The third kappa shape index (κ3) is 3.85. The molecule has 0 bridgehead atoms. The summed E-state index contributed by atoms with van der Waals surface area (Å²) in [5.74, 6) is -2.12. The average molecular weight is 539 g/mol. The zero-order valence-corrected chi connectivity index (χ0v) is 22.1. The van der Waals surface area contributed by atoms with E-state index in [1.165, 1.54) is 33.3 Å². The maximum atomic E-state index is 14.2. The second-order valence-corrected chi connectivity index (χ2v) is 9.87. The lowest BCUT2D eigenvalue weighted by Gasteiger charge is -2.35. The molecule has 0 aliphatic carbocycles. The van der Waals surface area contributed by atoms with Gasteiger partial charge in [-0.3, -0.25) is 19.2 Å². The molecule has 0 radical (unpaired) electrons. The number of imide groups is 1. The fourth-order valence-corrected chi connectivity index (χ4v) is 6.10. The number of carbonyl (C=O) groups is 4. The van der Waals surface area contributed by atoms with Gasteiger partial charge in [-0.1, -0.05) is 24.3 Å². The predicted molar refractivity (Wildman–Crippen MR) is 145 cm³/mol. The van der Waals surface area contributed by atoms with E-state index in [4.69, 9.17) is 14.2 Å². The summed E-state index contributed by atoms with van der Waals surface area (Å²) < 4.78 is 15.8. The third-order valence-corrected chi connectivity index (χ3v) is 7.75. The molecule has 9 nitrogen and oxygen atoms in total. The lowest BCUT2D eigenvalue weighted by molar-refractivity contribution is -0.132. The van der Waals surface area contributed by atoms with Crippen molar-refractivity contribution in [2.24, 2.45) is 11.8 Å². The summed E-state index contributed by atoms with van der Waals surface area (Å²) in [7, 11) is 3.00. The van der Waals surface area contributed by atoms with Crippen LogP contribution in [0.5, 0.6) is 17.2 Å². The van der Waals surface area contributed by atoms with Crippen LogP contribution in [-0.4, -0.2) is 48.7 Å². The molecule has 0 saturated carbocycles. The van der Waals surface area contributed by atoms with Gasteiger partial charge in [-0.15, -0.1) is 0 Å². The quantitative estimate of drug-likeness (QED) is 0.201. The van der Waals surface area contributed by atoms with E-state index in [9.17, 15) is 19.2 Å². The molecule has 2 saturated heterocycles. The molecule has 202 valence electrons. The maximum Gasteiger partial charge on any atom is 0.308 e. The Balaban J connectivity index is 1.44. The fraction of sp³-hybridized carbons (Fsp3) is 0.226. The monoisotopic (exact) mass is 538 g/mol. The minimum Gasteiger partial charge on any atom is -0.493 e. The highest BCUT2D eigenvalue weighted by atomic mass is 16.5. The molecular formula is C31H26N2O7. The van der Waals surface area contributed by atoms with E-state index in [1.807, 2.05) is 41.4 Å². The van der Waals surface area contributed by atoms with Crippen LogP contribution in [0.15, 0.2) is 72.9 Å². The molecule has 3 aromatic carbocycles. The Bertz CT molecular complexity index is 1580. The van der Waals surface area contributed by atoms with Crippen molar-refractivity contribution in [3.8, 4) is 17.2 Å². The van der Waals surface area contributed by atoms with Gasteiger partial charge in [0.05, 0.1) is 37.8 Å². The van der Waals surface area contributed by atoms with Crippen molar-refractivity contribution in [1.82, 2.24) is 4.90 Å². The van der Waals surface area contributed by atoms with Gasteiger partial charge in [0.1, 0.15) is 11.8 Å². The van der Waals surface area contributed by atoms with Crippen molar-refractivity contribution < 1.29 is 33.4 Å². The van der Waals surface area contributed by atoms with E-state index < -0.39 is 35.8 Å². The fourth-order valence-electron chi connectivity index (χ4n) is 6.10. The van der Waals surface area contributed by atoms with E-state index >= 15 is 0 Å². The Labute approximate surface area is 230 Å². The number of rotatable bonds is 6. The topological polar surface area (TPSA) is 102 Å². The van der Waals surface area contributed by atoms with Crippen LogP contribution in [-0.2, 0) is 14.4 Å². The second kappa shape index (κ2) is 9.68. The molecule has 1 unspecified atom stereocenters. The van der Waals surface area contributed by atoms with Gasteiger partial charge in [-0.25, -0.2) is 4.90 Å². The summed E-state index contributed by atoms with van der Waals surface area (Å²) in [4.78, 5) is 56.6. The second-order valence-electron chi connectivity index (χ2n) is 9.87. The van der Waals surface area contributed by atoms with Gasteiger partial charge in [0.15, 0.2) is 17.3 Å². The van der Waals surface area contributed by atoms with Gasteiger partial charge in [0, 0.05) is 18.7 Å². The minimum absolute atomic E-state index is 0.296. The number of benzene rings is 3. The zero-order valence-electron chi connectivity index (χ0n) is 22.1. The SMILES string of the molecule is COc1ccc(C(=O)[C@@H]2[C@@H]3C(=O)N(c4ccc(OC(C)=O)cc4)C(=O)[C@@H]3C3c4ccccc4C=CN32)cc1OC. The molecule has 3 aliphatic heterocycles. The zero-order chi connectivity index (χ0) is 28.1. The Kier molecular flexibility index (Phi) is 6.14. The van der Waals surface area contributed by atoms with Crippen molar-refractivity contribution >= 4 is 35.3 Å². The van der Waals surface area contributed by atoms with E-state index in [2.05, 4.69) is 0 Å². The number of nitrogens with zero attached hydrogens (tertiary/aromatic N) is 2. The largest absolute Gasteiger partial charge is 0.493 e. The molecule has 3 aromatic rings. The maximum absolute atomic E-state index is 14.2. The molecule has 2 fully saturated rings. The number of methoxy groups -OCH3 is 2. The first-order valence-corrected chi connectivity index (χ1v) is 12.8. The molecule has 0 spiro atoms. The first-order valence-electron chi connectivity index (χ1n) is 12.8. The molecule has 0 N–H and O–H groups in total. The first-order chi connectivity index (χ1) is 19.3. The Morgan fingerprint density at radius 1 is 0.825 bits per heavy atom. The first kappa shape index (κ1) is 25.4. The lowest BCUT2D eigenvalue weighted by Crippen LogP contribution is -2.44. The van der Waals surface area contributed by atoms with Crippen LogP contribution in [0.25, 0.3) is 6.08 Å². The van der Waals surface area contributed by atoms with Crippen LogP contribution in [0.1, 0.15) is 34.5 Å². The smallest absolute Gasteiger partial charge is 0.308 e. The van der Waals surface area contributed by atoms with Crippen LogP contribution in [0.3, 0.4) is 0 Å². The number of anilines is 1. The van der Waals surface area contributed by atoms with Gasteiger partial charge in [-0.05, 0) is 59.7 Å². The normalized spacial score (nSPS) is 22.5. The lowest BCUT2D eigenvalue weighted by atomic mass is 9.83. The van der Waals surface area contributed by atoms with Crippen molar-refractivity contribution in [2.45, 2.75) is 19.0 Å². The van der Waals surface area contributed by atoms with Crippen LogP contribution in [0, 0.1) is 11.8 Å². The van der Waals surface area contributed by atoms with Crippen LogP contribution < -0.4 is 19.1 Å². The molecular weight excluding hydrogens is 512 g/mol. The number of ether oxygens (including phenoxy) is 3. The summed E-state index contributed by atoms with van der Waals surface area (Å²) >= 11 is 0. The Morgan fingerprint density at radius 3 is 2.23 bits per heavy atom. The van der Waals surface area contributed by atoms with E-state index in [0.717, 1.165) is 16.0 Å². The molecule has 9 heteroatoms. The number of hydrogen-bond acceptors (Lipinski definition) is 8. The summed E-state index contributed by atoms with van der Waals surface area (Å²) in [5, 5.41) is 0. The van der Waals surface area contributed by atoms with E-state index in [-0.39, 0.29) is 11.7 Å². The number of carbonyl (C=O) groups excluding carboxylic acids is 4. The summed E-state index contributed by atoms with van der Waals surface area (Å²) in [5.41, 5.74) is 2.52. The van der Waals surface area contributed by atoms with Crippen LogP contribution >= 0.6 is 0 Å². The molecule has 3 aliphatic rings. The van der Waals surface area contributed by atoms with E-state index in [1.54, 1.807) is 30.3 Å². The highest BCUT2D eigenvalue weighted by Crippen LogP contribution is 2.54. The van der Waals surface area contributed by atoms with Gasteiger partial charge in [0.2, 0.25) is 11.8 Å². The third-order valence-electron chi connectivity index (χ3n) is 7.75. The molecule has 40 heavy (non-hydrogen) atoms. The molecule has 2 amide bonds. The number of hydrogen-bond donors (Lipinski definition) is 0. The van der Waals surface area contributed by atoms with Gasteiger partial charge >= 0.3 is 5.97 Å². The number of fused-ring (bicyclic) bond motifs is 5. The Hall–Kier alpha value is -4.92. The van der Waals surface area contributed by atoms with Crippen LogP contribution in [0.4, 0.5) is 5.69 Å². The molecule has 0 aromatic heterocycles. The predicted octanol–water partition coefficient (Wildman–Crippen LogP) is 4.03. The molecule has 6 rings (SSSR count). The number of amides is 2. The number of esters is 1. The summed E-state index contributed by atoms with van der Waals surface area (Å²) in [6.07, 6.45) is 3.72. The van der Waals surface area contributed by atoms with Gasteiger partial charge in [-0.2, -0.15) is 0 Å². The highest BCUT2D eigenvalue weighted by Gasteiger charge is 2.64. The van der Waals surface area contributed by atoms with Crippen LogP contribution in [0.2, 0.25) is 0 Å². The minimum atomic E-state index is -0.917. The van der Waals surface area contributed by atoms with Crippen molar-refractivity contribution in [3.63, 3.8) is 0 Å². The van der Waals surface area contributed by atoms with Gasteiger partial charge in [0.25, 0.3) is 0 Å². The number of ketones is 1. The van der Waals surface area contributed by atoms with Crippen molar-refractivity contribution in [1.29, 1.82) is 0 Å². The highest BCUT2D eigenvalue weighted by molar-refractivity contribution is 6.24. The molecule has 4 atom stereocenters. The van der Waals surface area contributed by atoms with E-state index in [0.29, 0.717) is 28.5 Å². The summed E-state index contributed by atoms with van der Waals surface area (Å²) in [6.45, 7) is 1.29. The van der Waals surface area contributed by atoms with Crippen molar-refractivity contribution in [3.05, 3.63) is 89.6 Å². The van der Waals surface area contributed by atoms with Gasteiger partial charge < -0.3 is 19.1 Å². The van der Waals surface area contributed by atoms with Crippen molar-refractivity contribution in [2.75, 3.05) is 19.1 Å². The molecule has 3 heterocycles. The standard InChI is InChI=1S/C31H26N2O7/c1-17(34)40-21-11-9-20(10-12-21)33-30(36)25-26(31(33)37)28(29(35)19-8-13-23(38-2)24(16-19)39-3)32-15-14-18-6-4-5-7-22(18)27(25)32/h4-16,25-28H,1-3H3/t25-,26+,27?,28-/m0/s1. The Morgan fingerprint density at radius 2 is 1.52 bits per heavy atom.